The molecule has 2 N–H and O–H groups in total. The third-order valence-corrected chi connectivity index (χ3v) is 7.24. The van der Waals surface area contributed by atoms with Crippen LogP contribution in [0.3, 0.4) is 0 Å². The summed E-state index contributed by atoms with van der Waals surface area (Å²) in [5, 5.41) is 10.2. The van der Waals surface area contributed by atoms with Gasteiger partial charge in [0, 0.05) is 36.9 Å². The molecule has 0 bridgehead atoms. The summed E-state index contributed by atoms with van der Waals surface area (Å²) in [7, 11) is 0. The number of nitrogens with zero attached hydrogens (tertiary/aromatic N) is 5. The number of amides is 3. The van der Waals surface area contributed by atoms with Crippen LogP contribution in [-0.2, 0) is 13.0 Å². The van der Waals surface area contributed by atoms with Gasteiger partial charge in [-0.2, -0.15) is 5.10 Å². The maximum atomic E-state index is 13.5. The second kappa shape index (κ2) is 9.13. The van der Waals surface area contributed by atoms with Gasteiger partial charge in [0.1, 0.15) is 5.69 Å². The predicted molar refractivity (Wildman–Crippen MR) is 127 cm³/mol. The highest BCUT2D eigenvalue weighted by molar-refractivity contribution is 6.02. The van der Waals surface area contributed by atoms with Crippen LogP contribution >= 0.6 is 0 Å². The van der Waals surface area contributed by atoms with E-state index in [0.717, 1.165) is 42.9 Å². The van der Waals surface area contributed by atoms with Gasteiger partial charge >= 0.3 is 6.03 Å². The Balaban J connectivity index is 0.00000259. The van der Waals surface area contributed by atoms with Crippen molar-refractivity contribution < 1.29 is 9.59 Å². The van der Waals surface area contributed by atoms with Crippen molar-refractivity contribution in [2.75, 3.05) is 25.0 Å². The standard InChI is InChI=1S/C23H31N7O2.CH4/c1-4-16-7-8-19(24-10-16)22(31)25-21-18-13-30(15(3)20(18)26-27-21)23(32)29-12-17-6-5-9-28(17)11-14(29)2;/h7-8,10,14-15,17H,4-6,9,11-13H2,1-3H3,(H2,25,26,27,31);1H4/t14-,15?,17-;/m0./s1. The van der Waals surface area contributed by atoms with Crippen molar-refractivity contribution in [2.24, 2.45) is 0 Å². The largest absolute Gasteiger partial charge is 0.321 e. The molecule has 3 aliphatic rings. The second-order valence-electron chi connectivity index (χ2n) is 9.20. The van der Waals surface area contributed by atoms with Gasteiger partial charge in [0.15, 0.2) is 5.82 Å². The monoisotopic (exact) mass is 453 g/mol. The minimum absolute atomic E-state index is 0. The van der Waals surface area contributed by atoms with Crippen LogP contribution < -0.4 is 5.32 Å². The highest BCUT2D eigenvalue weighted by atomic mass is 16.2. The van der Waals surface area contributed by atoms with E-state index in [4.69, 9.17) is 0 Å². The summed E-state index contributed by atoms with van der Waals surface area (Å²) >= 11 is 0. The van der Waals surface area contributed by atoms with Gasteiger partial charge < -0.3 is 15.1 Å². The first kappa shape index (κ1) is 23.2. The van der Waals surface area contributed by atoms with E-state index >= 15 is 0 Å². The van der Waals surface area contributed by atoms with E-state index in [1.54, 1.807) is 12.3 Å². The van der Waals surface area contributed by atoms with Crippen molar-refractivity contribution in [3.63, 3.8) is 0 Å². The molecule has 2 aromatic rings. The zero-order chi connectivity index (χ0) is 22.4. The number of urea groups is 1. The van der Waals surface area contributed by atoms with Crippen LogP contribution in [0.5, 0.6) is 0 Å². The molecule has 0 spiro atoms. The Morgan fingerprint density at radius 3 is 2.76 bits per heavy atom. The van der Waals surface area contributed by atoms with Gasteiger partial charge in [0.2, 0.25) is 0 Å². The lowest BCUT2D eigenvalue weighted by Gasteiger charge is -2.44. The molecule has 9 heteroatoms. The van der Waals surface area contributed by atoms with Crippen molar-refractivity contribution in [3.8, 4) is 0 Å². The molecule has 3 aliphatic heterocycles. The van der Waals surface area contributed by atoms with E-state index in [0.29, 0.717) is 24.1 Å². The van der Waals surface area contributed by atoms with Gasteiger partial charge in [-0.25, -0.2) is 4.79 Å². The topological polar surface area (TPSA) is 97.5 Å². The Morgan fingerprint density at radius 2 is 2.03 bits per heavy atom. The van der Waals surface area contributed by atoms with Crippen LogP contribution in [0.4, 0.5) is 10.6 Å². The van der Waals surface area contributed by atoms with Gasteiger partial charge in [-0.05, 0) is 51.3 Å². The molecule has 0 radical (unpaired) electrons. The number of H-pyrrole nitrogens is 1. The van der Waals surface area contributed by atoms with Gasteiger partial charge in [-0.1, -0.05) is 20.4 Å². The summed E-state index contributed by atoms with van der Waals surface area (Å²) in [6.07, 6.45) is 4.98. The van der Waals surface area contributed by atoms with Crippen LogP contribution in [0.2, 0.25) is 0 Å². The number of aromatic nitrogens is 3. The van der Waals surface area contributed by atoms with Gasteiger partial charge in [0.25, 0.3) is 5.91 Å². The van der Waals surface area contributed by atoms with Crippen molar-refractivity contribution in [3.05, 3.63) is 40.8 Å². The molecule has 0 saturated carbocycles. The maximum Gasteiger partial charge on any atom is 0.321 e. The number of aromatic amines is 1. The smallest absolute Gasteiger partial charge is 0.319 e. The number of hydrogen-bond donors (Lipinski definition) is 2. The summed E-state index contributed by atoms with van der Waals surface area (Å²) in [5.74, 6) is 0.174. The summed E-state index contributed by atoms with van der Waals surface area (Å²) in [4.78, 5) is 36.9. The number of piperazine rings is 1. The molecule has 0 aromatic carbocycles. The highest BCUT2D eigenvalue weighted by Crippen LogP contribution is 2.37. The van der Waals surface area contributed by atoms with E-state index < -0.39 is 0 Å². The molecule has 9 nitrogen and oxygen atoms in total. The van der Waals surface area contributed by atoms with E-state index in [1.807, 2.05) is 29.7 Å². The number of carbonyl (C=O) groups is 2. The Hall–Kier alpha value is -2.94. The molecule has 2 saturated heterocycles. The number of hydrogen-bond acceptors (Lipinski definition) is 5. The van der Waals surface area contributed by atoms with Crippen molar-refractivity contribution in [1.29, 1.82) is 0 Å². The first-order valence-electron chi connectivity index (χ1n) is 11.6. The third-order valence-electron chi connectivity index (χ3n) is 7.24. The zero-order valence-electron chi connectivity index (χ0n) is 19.0. The summed E-state index contributed by atoms with van der Waals surface area (Å²) in [6.45, 7) is 9.50. The highest BCUT2D eigenvalue weighted by Gasteiger charge is 2.42. The minimum atomic E-state index is -0.301. The number of anilines is 1. The lowest BCUT2D eigenvalue weighted by atomic mass is 10.1. The third kappa shape index (κ3) is 4.10. The lowest BCUT2D eigenvalue weighted by molar-refractivity contribution is 0.0580. The molecular formula is C24H35N7O2. The quantitative estimate of drug-likeness (QED) is 0.742. The summed E-state index contributed by atoms with van der Waals surface area (Å²) in [5.41, 5.74) is 3.19. The fourth-order valence-electron chi connectivity index (χ4n) is 5.24. The van der Waals surface area contributed by atoms with Crippen LogP contribution in [0.1, 0.15) is 74.4 Å². The Labute approximate surface area is 195 Å². The number of fused-ring (bicyclic) bond motifs is 2. The zero-order valence-corrected chi connectivity index (χ0v) is 19.0. The first-order chi connectivity index (χ1) is 15.5. The molecule has 1 unspecified atom stereocenters. The predicted octanol–water partition coefficient (Wildman–Crippen LogP) is 3.42. The Bertz CT molecular complexity index is 1020. The normalized spacial score (nSPS) is 24.3. The van der Waals surface area contributed by atoms with E-state index in [-0.39, 0.29) is 31.4 Å². The molecule has 33 heavy (non-hydrogen) atoms. The fourth-order valence-corrected chi connectivity index (χ4v) is 5.24. The molecule has 5 rings (SSSR count). The molecular weight excluding hydrogens is 418 g/mol. The average Bonchev–Trinajstić information content (AvgIpc) is 3.50. The molecule has 5 heterocycles. The minimum Gasteiger partial charge on any atom is -0.319 e. The summed E-state index contributed by atoms with van der Waals surface area (Å²) < 4.78 is 0. The number of nitrogens with one attached hydrogen (secondary N) is 2. The fraction of sp³-hybridized carbons (Fsp3) is 0.583. The Morgan fingerprint density at radius 1 is 1.21 bits per heavy atom. The van der Waals surface area contributed by atoms with Crippen LogP contribution in [0.15, 0.2) is 18.3 Å². The van der Waals surface area contributed by atoms with E-state index in [2.05, 4.69) is 32.3 Å². The van der Waals surface area contributed by atoms with Gasteiger partial charge in [-0.15, -0.1) is 0 Å². The number of rotatable bonds is 3. The van der Waals surface area contributed by atoms with Crippen LogP contribution in [-0.4, -0.2) is 73.5 Å². The van der Waals surface area contributed by atoms with Crippen LogP contribution in [0, 0.1) is 0 Å². The molecule has 0 aliphatic carbocycles. The Kier molecular flexibility index (Phi) is 6.43. The number of aryl methyl sites for hydroxylation is 1. The maximum absolute atomic E-state index is 13.5. The number of pyridine rings is 1. The SMILES string of the molecule is C.CCc1ccc(C(=O)Nc2n[nH]c3c2CN(C(=O)N2C[C@@H]4CCCN4C[C@@H]2C)C3C)nc1. The van der Waals surface area contributed by atoms with Gasteiger partial charge in [-0.3, -0.25) is 19.8 Å². The molecule has 2 fully saturated rings. The lowest BCUT2D eigenvalue weighted by Crippen LogP contribution is -2.59. The van der Waals surface area contributed by atoms with E-state index in [9.17, 15) is 9.59 Å². The van der Waals surface area contributed by atoms with Gasteiger partial charge in [0.05, 0.1) is 18.3 Å². The number of carbonyl (C=O) groups excluding carboxylic acids is 2. The second-order valence-corrected chi connectivity index (χ2v) is 9.20. The van der Waals surface area contributed by atoms with Crippen molar-refractivity contribution in [2.45, 2.75) is 72.1 Å². The van der Waals surface area contributed by atoms with Crippen molar-refractivity contribution >= 4 is 17.8 Å². The summed E-state index contributed by atoms with van der Waals surface area (Å²) in [6, 6.07) is 4.25. The molecule has 2 aromatic heterocycles. The molecule has 178 valence electrons. The van der Waals surface area contributed by atoms with Crippen molar-refractivity contribution in [1.82, 2.24) is 29.9 Å². The van der Waals surface area contributed by atoms with E-state index in [1.165, 1.54) is 12.8 Å². The van der Waals surface area contributed by atoms with Crippen LogP contribution in [0.25, 0.3) is 0 Å². The first-order valence-corrected chi connectivity index (χ1v) is 11.6. The molecule has 3 atom stereocenters. The molecule has 3 amide bonds. The average molecular weight is 454 g/mol.